The molecule has 0 unspecified atom stereocenters. The van der Waals surface area contributed by atoms with Gasteiger partial charge in [0.25, 0.3) is 5.91 Å². The zero-order valence-corrected chi connectivity index (χ0v) is 14.3. The number of halogens is 1. The summed E-state index contributed by atoms with van der Waals surface area (Å²) < 4.78 is 46.8. The van der Waals surface area contributed by atoms with Crippen molar-refractivity contribution in [1.29, 1.82) is 0 Å². The molecule has 1 fully saturated rings. The van der Waals surface area contributed by atoms with Gasteiger partial charge in [0, 0.05) is 6.42 Å². The second kappa shape index (κ2) is 7.12. The summed E-state index contributed by atoms with van der Waals surface area (Å²) in [6.45, 7) is -0.485. The van der Waals surface area contributed by atoms with Gasteiger partial charge in [0.1, 0.15) is 30.9 Å². The van der Waals surface area contributed by atoms with E-state index in [1.807, 2.05) is 6.07 Å². The zero-order chi connectivity index (χ0) is 18.7. The Hall–Kier alpha value is -2.94. The first-order valence-electron chi connectivity index (χ1n) is 7.67. The van der Waals surface area contributed by atoms with Crippen LogP contribution in [0.4, 0.5) is 10.1 Å². The topological polar surface area (TPSA) is 92.8 Å². The van der Waals surface area contributed by atoms with Gasteiger partial charge in [-0.25, -0.2) is 13.4 Å². The van der Waals surface area contributed by atoms with E-state index in [2.05, 4.69) is 0 Å². The van der Waals surface area contributed by atoms with Crippen molar-refractivity contribution in [2.24, 2.45) is 0 Å². The van der Waals surface area contributed by atoms with Crippen LogP contribution in [0.15, 0.2) is 42.5 Å². The molecule has 0 radical (unpaired) electrons. The number of hydrogen-bond acceptors (Lipinski definition) is 5. The predicted molar refractivity (Wildman–Crippen MR) is 91.4 cm³/mol. The van der Waals surface area contributed by atoms with Gasteiger partial charge in [-0.05, 0) is 23.3 Å². The lowest BCUT2D eigenvalue weighted by molar-refractivity contribution is -0.117. The largest absolute Gasteiger partial charge is 0.487 e. The van der Waals surface area contributed by atoms with Gasteiger partial charge in [-0.15, -0.1) is 0 Å². The number of hydrogen-bond donors (Lipinski definition) is 1. The van der Waals surface area contributed by atoms with Crippen LogP contribution < -0.4 is 13.8 Å². The van der Waals surface area contributed by atoms with E-state index < -0.39 is 28.5 Å². The lowest BCUT2D eigenvalue weighted by Gasteiger charge is -2.20. The summed E-state index contributed by atoms with van der Waals surface area (Å²) in [6, 6.07) is 11.5. The minimum atomic E-state index is -4.20. The molecule has 2 aromatic rings. The first-order chi connectivity index (χ1) is 12.4. The van der Waals surface area contributed by atoms with E-state index in [4.69, 9.17) is 4.74 Å². The van der Waals surface area contributed by atoms with Gasteiger partial charge in [-0.2, -0.15) is 8.42 Å². The molecule has 9 heteroatoms. The molecule has 136 valence electrons. The first-order valence-corrected chi connectivity index (χ1v) is 9.11. The van der Waals surface area contributed by atoms with Crippen molar-refractivity contribution in [2.75, 3.05) is 10.8 Å². The molecule has 0 spiro atoms. The van der Waals surface area contributed by atoms with Crippen molar-refractivity contribution in [2.45, 2.75) is 13.0 Å². The second-order valence-electron chi connectivity index (χ2n) is 5.61. The molecule has 1 heterocycles. The predicted octanol–water partition coefficient (Wildman–Crippen LogP) is 1.33. The quantitative estimate of drug-likeness (QED) is 0.766. The maximum Gasteiger partial charge on any atom is 0.326 e. The summed E-state index contributed by atoms with van der Waals surface area (Å²) in [7, 11) is -4.20. The molecule has 1 N–H and O–H groups in total. The van der Waals surface area contributed by atoms with Crippen LogP contribution in [0.3, 0.4) is 0 Å². The molecule has 1 aliphatic rings. The fourth-order valence-electron chi connectivity index (χ4n) is 2.57. The lowest BCUT2D eigenvalue weighted by atomic mass is 10.1. The van der Waals surface area contributed by atoms with E-state index in [0.717, 1.165) is 11.6 Å². The van der Waals surface area contributed by atoms with E-state index in [-0.39, 0.29) is 24.5 Å². The normalized spacial score (nSPS) is 15.6. The third kappa shape index (κ3) is 3.67. The Morgan fingerprint density at radius 1 is 1.19 bits per heavy atom. The molecule has 7 nitrogen and oxygen atoms in total. The van der Waals surface area contributed by atoms with Crippen LogP contribution in [0.5, 0.6) is 5.75 Å². The van der Waals surface area contributed by atoms with Crippen LogP contribution in [0, 0.1) is 5.82 Å². The summed E-state index contributed by atoms with van der Waals surface area (Å²) in [5, 5.41) is 0. The Kier molecular flexibility index (Phi) is 4.90. The van der Waals surface area contributed by atoms with Crippen molar-refractivity contribution in [3.05, 3.63) is 59.4 Å². The van der Waals surface area contributed by atoms with Gasteiger partial charge in [0.05, 0.1) is 0 Å². The van der Waals surface area contributed by atoms with Crippen molar-refractivity contribution in [3.8, 4) is 5.75 Å². The number of carbonyl (C=O) groups is 2. The molecule has 0 bridgehead atoms. The number of carbonyl (C=O) groups excluding carboxylic acids is 2. The minimum Gasteiger partial charge on any atom is -0.487 e. The lowest BCUT2D eigenvalue weighted by Crippen LogP contribution is -2.30. The van der Waals surface area contributed by atoms with Gasteiger partial charge >= 0.3 is 10.2 Å². The zero-order valence-electron chi connectivity index (χ0n) is 13.5. The van der Waals surface area contributed by atoms with Crippen LogP contribution in [0.25, 0.3) is 0 Å². The highest BCUT2D eigenvalue weighted by atomic mass is 32.2. The van der Waals surface area contributed by atoms with Crippen molar-refractivity contribution < 1.29 is 27.1 Å². The van der Waals surface area contributed by atoms with E-state index in [1.165, 1.54) is 6.07 Å². The molecule has 0 saturated carbocycles. The number of aldehydes is 1. The maximum absolute atomic E-state index is 14.6. The summed E-state index contributed by atoms with van der Waals surface area (Å²) in [5.41, 5.74) is 0.757. The van der Waals surface area contributed by atoms with Gasteiger partial charge in [0.2, 0.25) is 0 Å². The standard InChI is InChI=1S/C17H15FN2O5S/c18-14-8-13(6-7-21)9-15(25-11-12-4-2-1-3-5-12)17(14)20-10-16(22)19-26(20,23)24/h1-5,7-9H,6,10-11H2,(H,19,22). The number of anilines is 1. The molecule has 1 aliphatic heterocycles. The number of benzene rings is 2. The van der Waals surface area contributed by atoms with Crippen molar-refractivity contribution in [3.63, 3.8) is 0 Å². The smallest absolute Gasteiger partial charge is 0.326 e. The van der Waals surface area contributed by atoms with Crippen molar-refractivity contribution in [1.82, 2.24) is 4.72 Å². The SMILES string of the molecule is O=CCc1cc(F)c(N2CC(=O)NS2(=O)=O)c(OCc2ccccc2)c1. The Balaban J connectivity index is 2.01. The van der Waals surface area contributed by atoms with Crippen molar-refractivity contribution >= 4 is 28.1 Å². The Labute approximate surface area is 149 Å². The average molecular weight is 378 g/mol. The van der Waals surface area contributed by atoms with Gasteiger partial charge < -0.3 is 9.53 Å². The third-order valence-corrected chi connectivity index (χ3v) is 5.09. The first kappa shape index (κ1) is 17.9. The molecule has 3 rings (SSSR count). The molecule has 0 aromatic heterocycles. The highest BCUT2D eigenvalue weighted by Crippen LogP contribution is 2.36. The molecule has 2 aromatic carbocycles. The Morgan fingerprint density at radius 3 is 2.54 bits per heavy atom. The minimum absolute atomic E-state index is 0.0528. The summed E-state index contributed by atoms with van der Waals surface area (Å²) >= 11 is 0. The monoisotopic (exact) mass is 378 g/mol. The van der Waals surface area contributed by atoms with Crippen LogP contribution in [-0.4, -0.2) is 27.2 Å². The van der Waals surface area contributed by atoms with Gasteiger partial charge in [-0.3, -0.25) is 4.79 Å². The van der Waals surface area contributed by atoms with Crippen LogP contribution in [0.2, 0.25) is 0 Å². The van der Waals surface area contributed by atoms with E-state index in [0.29, 0.717) is 16.2 Å². The molecule has 0 aliphatic carbocycles. The molecular formula is C17H15FN2O5S. The van der Waals surface area contributed by atoms with E-state index in [9.17, 15) is 22.4 Å². The van der Waals surface area contributed by atoms with Crippen LogP contribution in [-0.2, 0) is 32.8 Å². The third-order valence-electron chi connectivity index (χ3n) is 3.71. The fraction of sp³-hybridized carbons (Fsp3) is 0.176. The molecule has 1 amide bonds. The van der Waals surface area contributed by atoms with E-state index >= 15 is 0 Å². The number of amides is 1. The second-order valence-corrected chi connectivity index (χ2v) is 7.20. The highest BCUT2D eigenvalue weighted by molar-refractivity contribution is 7.92. The Morgan fingerprint density at radius 2 is 1.92 bits per heavy atom. The number of nitrogens with one attached hydrogen (secondary N) is 1. The molecule has 1 saturated heterocycles. The molecule has 26 heavy (non-hydrogen) atoms. The summed E-state index contributed by atoms with van der Waals surface area (Å²) in [5.74, 6) is -1.73. The van der Waals surface area contributed by atoms with Crippen LogP contribution >= 0.6 is 0 Å². The summed E-state index contributed by atoms with van der Waals surface area (Å²) in [6.07, 6.45) is 0.552. The molecule has 0 atom stereocenters. The maximum atomic E-state index is 14.6. The number of ether oxygens (including phenoxy) is 1. The molecular weight excluding hydrogens is 363 g/mol. The van der Waals surface area contributed by atoms with E-state index in [1.54, 1.807) is 29.0 Å². The summed E-state index contributed by atoms with van der Waals surface area (Å²) in [4.78, 5) is 22.2. The number of nitrogens with zero attached hydrogens (tertiary/aromatic N) is 1. The van der Waals surface area contributed by atoms with Crippen LogP contribution in [0.1, 0.15) is 11.1 Å². The average Bonchev–Trinajstić information content (AvgIpc) is 2.86. The highest BCUT2D eigenvalue weighted by Gasteiger charge is 2.37. The van der Waals surface area contributed by atoms with Gasteiger partial charge in [0.15, 0.2) is 5.82 Å². The Bertz CT molecular complexity index is 947. The fourth-order valence-corrected chi connectivity index (χ4v) is 3.74. The number of rotatable bonds is 6. The van der Waals surface area contributed by atoms with Gasteiger partial charge in [-0.1, -0.05) is 30.3 Å².